The summed E-state index contributed by atoms with van der Waals surface area (Å²) >= 11 is 0. The fourth-order valence-electron chi connectivity index (χ4n) is 3.97. The minimum Gasteiger partial charge on any atom is -0.487 e. The molecule has 1 amide bonds. The second-order valence-electron chi connectivity index (χ2n) is 7.85. The van der Waals surface area contributed by atoms with Crippen molar-refractivity contribution in [3.8, 4) is 5.75 Å². The van der Waals surface area contributed by atoms with Crippen LogP contribution in [-0.2, 0) is 14.8 Å². The first kappa shape index (κ1) is 20.1. The number of para-hydroxylation sites is 1. The highest BCUT2D eigenvalue weighted by Crippen LogP contribution is 2.36. The number of amides is 1. The van der Waals surface area contributed by atoms with E-state index >= 15 is 0 Å². The highest BCUT2D eigenvalue weighted by atomic mass is 32.2. The number of nitrogens with zero attached hydrogens (tertiary/aromatic N) is 2. The molecule has 27 heavy (non-hydrogen) atoms. The van der Waals surface area contributed by atoms with Gasteiger partial charge in [0.05, 0.1) is 6.04 Å². The molecular formula is C20H30N2O4S. The van der Waals surface area contributed by atoms with Gasteiger partial charge in [0.1, 0.15) is 16.7 Å². The maximum Gasteiger partial charge on any atom is 0.247 e. The number of benzene rings is 1. The minimum atomic E-state index is -3.64. The lowest BCUT2D eigenvalue weighted by Gasteiger charge is -2.32. The summed E-state index contributed by atoms with van der Waals surface area (Å²) in [5.41, 5.74) is 0. The average molecular weight is 395 g/mol. The van der Waals surface area contributed by atoms with Crippen LogP contribution in [0.2, 0.25) is 0 Å². The van der Waals surface area contributed by atoms with E-state index in [1.807, 2.05) is 25.7 Å². The lowest BCUT2D eigenvalue weighted by molar-refractivity contribution is -0.131. The number of carbonyl (C=O) groups is 1. The van der Waals surface area contributed by atoms with Crippen LogP contribution < -0.4 is 4.74 Å². The molecule has 150 valence electrons. The summed E-state index contributed by atoms with van der Waals surface area (Å²) in [6.45, 7) is 7.67. The molecule has 2 heterocycles. The van der Waals surface area contributed by atoms with Crippen LogP contribution in [0.3, 0.4) is 0 Å². The molecule has 0 radical (unpaired) electrons. The third-order valence-electron chi connectivity index (χ3n) is 5.25. The van der Waals surface area contributed by atoms with Gasteiger partial charge in [-0.15, -0.1) is 0 Å². The third-order valence-corrected chi connectivity index (χ3v) is 7.18. The van der Waals surface area contributed by atoms with Gasteiger partial charge in [-0.3, -0.25) is 4.79 Å². The van der Waals surface area contributed by atoms with Crippen LogP contribution in [0.4, 0.5) is 0 Å². The van der Waals surface area contributed by atoms with Crippen LogP contribution in [0, 0.1) is 5.92 Å². The fraction of sp³-hybridized carbons (Fsp3) is 0.650. The van der Waals surface area contributed by atoms with Crippen LogP contribution in [-0.4, -0.2) is 55.3 Å². The Labute approximate surface area is 162 Å². The number of carbonyl (C=O) groups excluding carboxylic acids is 1. The number of hydrogen-bond acceptors (Lipinski definition) is 4. The van der Waals surface area contributed by atoms with Crippen LogP contribution in [0.15, 0.2) is 29.2 Å². The van der Waals surface area contributed by atoms with Gasteiger partial charge in [0, 0.05) is 32.5 Å². The monoisotopic (exact) mass is 394 g/mol. The zero-order chi connectivity index (χ0) is 19.6. The van der Waals surface area contributed by atoms with Crippen molar-refractivity contribution in [2.24, 2.45) is 5.92 Å². The molecule has 0 saturated carbocycles. The molecule has 2 aliphatic heterocycles. The maximum absolute atomic E-state index is 13.4. The van der Waals surface area contributed by atoms with Crippen LogP contribution in [0.1, 0.15) is 46.5 Å². The highest BCUT2D eigenvalue weighted by Gasteiger charge is 2.43. The van der Waals surface area contributed by atoms with E-state index in [2.05, 4.69) is 0 Å². The molecule has 0 aromatic heterocycles. The smallest absolute Gasteiger partial charge is 0.247 e. The van der Waals surface area contributed by atoms with Gasteiger partial charge < -0.3 is 9.64 Å². The van der Waals surface area contributed by atoms with Crippen molar-refractivity contribution in [1.29, 1.82) is 0 Å². The molecule has 6 nitrogen and oxygen atoms in total. The molecular weight excluding hydrogens is 364 g/mol. The average Bonchev–Trinajstić information content (AvgIpc) is 2.86. The van der Waals surface area contributed by atoms with Gasteiger partial charge in [-0.1, -0.05) is 32.9 Å². The van der Waals surface area contributed by atoms with Crippen molar-refractivity contribution in [2.75, 3.05) is 19.6 Å². The van der Waals surface area contributed by atoms with Crippen molar-refractivity contribution in [3.05, 3.63) is 24.3 Å². The second kappa shape index (κ2) is 8.19. The maximum atomic E-state index is 13.4. The van der Waals surface area contributed by atoms with Crippen molar-refractivity contribution >= 4 is 15.9 Å². The van der Waals surface area contributed by atoms with Crippen LogP contribution in [0.25, 0.3) is 0 Å². The van der Waals surface area contributed by atoms with Gasteiger partial charge in [0.15, 0.2) is 0 Å². The van der Waals surface area contributed by atoms with Gasteiger partial charge in [0.2, 0.25) is 15.9 Å². The largest absolute Gasteiger partial charge is 0.487 e. The van der Waals surface area contributed by atoms with Crippen molar-refractivity contribution in [2.45, 2.75) is 63.5 Å². The Morgan fingerprint density at radius 3 is 2.63 bits per heavy atom. The first-order valence-corrected chi connectivity index (χ1v) is 11.3. The zero-order valence-corrected chi connectivity index (χ0v) is 17.2. The zero-order valence-electron chi connectivity index (χ0n) is 16.4. The number of rotatable bonds is 4. The standard InChI is InChI=1S/C20H30N2O4S/c1-4-7-20(23)21-12-10-16-17(11-13-21)26-18-8-5-6-9-19(18)27(24,25)22(16)14-15(2)3/h5-6,8-9,15-17H,4,7,10-14H2,1-3H3/t16-,17-/m0/s1. The number of fused-ring (bicyclic) bond motifs is 2. The molecule has 7 heteroatoms. The third kappa shape index (κ3) is 4.14. The fourth-order valence-corrected chi connectivity index (χ4v) is 5.94. The SMILES string of the molecule is CCCC(=O)N1CC[C@@H]2Oc3ccccc3S(=O)(=O)N(CC(C)C)[C@H]2CC1. The summed E-state index contributed by atoms with van der Waals surface area (Å²) in [5, 5.41) is 0. The number of hydrogen-bond donors (Lipinski definition) is 0. The van der Waals surface area contributed by atoms with Crippen molar-refractivity contribution < 1.29 is 17.9 Å². The number of likely N-dealkylation sites (tertiary alicyclic amines) is 1. The molecule has 0 N–H and O–H groups in total. The van der Waals surface area contributed by atoms with Gasteiger partial charge >= 0.3 is 0 Å². The van der Waals surface area contributed by atoms with Crippen LogP contribution in [0.5, 0.6) is 5.75 Å². The van der Waals surface area contributed by atoms with Gasteiger partial charge in [-0.05, 0) is 30.9 Å². The first-order valence-electron chi connectivity index (χ1n) is 9.90. The summed E-state index contributed by atoms with van der Waals surface area (Å²) in [4.78, 5) is 14.5. The highest BCUT2D eigenvalue weighted by molar-refractivity contribution is 7.89. The van der Waals surface area contributed by atoms with E-state index in [0.717, 1.165) is 6.42 Å². The van der Waals surface area contributed by atoms with E-state index < -0.39 is 10.0 Å². The van der Waals surface area contributed by atoms with E-state index in [4.69, 9.17) is 4.74 Å². The second-order valence-corrected chi connectivity index (χ2v) is 9.71. The van der Waals surface area contributed by atoms with Crippen molar-refractivity contribution in [1.82, 2.24) is 9.21 Å². The Morgan fingerprint density at radius 1 is 1.22 bits per heavy atom. The normalized spacial score (nSPS) is 25.1. The van der Waals surface area contributed by atoms with E-state index in [0.29, 0.717) is 44.6 Å². The van der Waals surface area contributed by atoms with E-state index in [1.165, 1.54) is 0 Å². The summed E-state index contributed by atoms with van der Waals surface area (Å²) in [7, 11) is -3.64. The minimum absolute atomic E-state index is 0.146. The molecule has 1 aromatic carbocycles. The summed E-state index contributed by atoms with van der Waals surface area (Å²) < 4.78 is 34.7. The van der Waals surface area contributed by atoms with E-state index in [9.17, 15) is 13.2 Å². The molecule has 1 aromatic rings. The lowest BCUT2D eigenvalue weighted by atomic mass is 10.0. The lowest BCUT2D eigenvalue weighted by Crippen LogP contribution is -2.48. The molecule has 1 fully saturated rings. The number of ether oxygens (including phenoxy) is 1. The van der Waals surface area contributed by atoms with Gasteiger partial charge in [-0.25, -0.2) is 8.42 Å². The summed E-state index contributed by atoms with van der Waals surface area (Å²) in [6, 6.07) is 6.63. The Bertz CT molecular complexity index is 778. The van der Waals surface area contributed by atoms with Crippen molar-refractivity contribution in [3.63, 3.8) is 0 Å². The quantitative estimate of drug-likeness (QED) is 0.788. The Kier molecular flexibility index (Phi) is 6.11. The Morgan fingerprint density at radius 2 is 1.93 bits per heavy atom. The number of sulfonamides is 1. The van der Waals surface area contributed by atoms with Gasteiger partial charge in [-0.2, -0.15) is 4.31 Å². The molecule has 2 aliphatic rings. The predicted molar refractivity (Wildman–Crippen MR) is 104 cm³/mol. The van der Waals surface area contributed by atoms with E-state index in [1.54, 1.807) is 28.6 Å². The van der Waals surface area contributed by atoms with Gasteiger partial charge in [0.25, 0.3) is 0 Å². The Balaban J connectivity index is 1.97. The molecule has 0 unspecified atom stereocenters. The molecule has 1 saturated heterocycles. The first-order chi connectivity index (χ1) is 12.8. The molecule has 0 spiro atoms. The Hall–Kier alpha value is -1.60. The summed E-state index contributed by atoms with van der Waals surface area (Å²) in [5.74, 6) is 0.770. The molecule has 3 rings (SSSR count). The van der Waals surface area contributed by atoms with E-state index in [-0.39, 0.29) is 28.9 Å². The molecule has 2 atom stereocenters. The molecule has 0 bridgehead atoms. The topological polar surface area (TPSA) is 66.9 Å². The van der Waals surface area contributed by atoms with Crippen LogP contribution >= 0.6 is 0 Å². The summed E-state index contributed by atoms with van der Waals surface area (Å²) in [6.07, 6.45) is 2.34. The molecule has 0 aliphatic carbocycles. The predicted octanol–water partition coefficient (Wildman–Crippen LogP) is 2.89.